The minimum Gasteiger partial charge on any atom is -0.356 e. The van der Waals surface area contributed by atoms with Crippen molar-refractivity contribution >= 4 is 17.6 Å². The molecule has 0 aromatic heterocycles. The van der Waals surface area contributed by atoms with Crippen LogP contribution in [0.25, 0.3) is 0 Å². The third-order valence-corrected chi connectivity index (χ3v) is 4.19. The molecule has 0 saturated carbocycles. The molecule has 138 valence electrons. The quantitative estimate of drug-likeness (QED) is 0.867. The number of amides is 3. The van der Waals surface area contributed by atoms with Crippen LogP contribution < -0.4 is 10.6 Å². The molecule has 1 heterocycles. The molecular weight excluding hydrogens is 335 g/mol. The average molecular weight is 357 g/mol. The fourth-order valence-electron chi connectivity index (χ4n) is 2.83. The molecule has 2 N–H and O–H groups in total. The summed E-state index contributed by atoms with van der Waals surface area (Å²) in [7, 11) is 0. The largest absolute Gasteiger partial charge is 0.418 e. The summed E-state index contributed by atoms with van der Waals surface area (Å²) in [4.78, 5) is 25.2. The summed E-state index contributed by atoms with van der Waals surface area (Å²) in [5, 5.41) is 5.16. The molecular formula is C17H22F3N3O2. The molecule has 5 nitrogen and oxygen atoms in total. The fourth-order valence-corrected chi connectivity index (χ4v) is 2.83. The maximum atomic E-state index is 13.0. The van der Waals surface area contributed by atoms with E-state index in [9.17, 15) is 22.8 Å². The van der Waals surface area contributed by atoms with Crippen LogP contribution in [0.5, 0.6) is 0 Å². The number of urea groups is 1. The van der Waals surface area contributed by atoms with Crippen LogP contribution in [0.1, 0.15) is 31.7 Å². The van der Waals surface area contributed by atoms with Crippen molar-refractivity contribution in [2.45, 2.75) is 32.4 Å². The molecule has 1 aliphatic heterocycles. The third kappa shape index (κ3) is 5.37. The lowest BCUT2D eigenvalue weighted by molar-refractivity contribution is -0.137. The lowest BCUT2D eigenvalue weighted by Crippen LogP contribution is -2.45. The van der Waals surface area contributed by atoms with Crippen LogP contribution in [0.3, 0.4) is 0 Å². The number of benzene rings is 1. The van der Waals surface area contributed by atoms with Crippen molar-refractivity contribution in [1.29, 1.82) is 0 Å². The van der Waals surface area contributed by atoms with Gasteiger partial charge in [0.2, 0.25) is 5.91 Å². The number of anilines is 1. The Kier molecular flexibility index (Phi) is 6.27. The molecule has 0 radical (unpaired) electrons. The van der Waals surface area contributed by atoms with Crippen LogP contribution in [0.15, 0.2) is 24.3 Å². The second-order valence-electron chi connectivity index (χ2n) is 6.09. The Balaban J connectivity index is 1.98. The van der Waals surface area contributed by atoms with Crippen LogP contribution >= 0.6 is 0 Å². The first kappa shape index (κ1) is 19.1. The maximum Gasteiger partial charge on any atom is 0.418 e. The van der Waals surface area contributed by atoms with Gasteiger partial charge in [-0.2, -0.15) is 13.2 Å². The van der Waals surface area contributed by atoms with E-state index in [2.05, 4.69) is 10.6 Å². The maximum absolute atomic E-state index is 13.0. The Morgan fingerprint density at radius 1 is 1.28 bits per heavy atom. The molecule has 0 unspecified atom stereocenters. The van der Waals surface area contributed by atoms with Gasteiger partial charge < -0.3 is 15.5 Å². The average Bonchev–Trinajstić information content (AvgIpc) is 2.59. The van der Waals surface area contributed by atoms with E-state index >= 15 is 0 Å². The van der Waals surface area contributed by atoms with E-state index in [0.29, 0.717) is 26.1 Å². The highest BCUT2D eigenvalue weighted by Gasteiger charge is 2.34. The number of carbonyl (C=O) groups excluding carboxylic acids is 2. The highest BCUT2D eigenvalue weighted by atomic mass is 19.4. The number of carbonyl (C=O) groups is 2. The Morgan fingerprint density at radius 2 is 2.00 bits per heavy atom. The van der Waals surface area contributed by atoms with E-state index in [1.54, 1.807) is 6.92 Å². The van der Waals surface area contributed by atoms with Gasteiger partial charge >= 0.3 is 12.2 Å². The molecule has 0 spiro atoms. The predicted octanol–water partition coefficient (Wildman–Crippen LogP) is 3.48. The number of hydrogen-bond acceptors (Lipinski definition) is 2. The van der Waals surface area contributed by atoms with E-state index in [0.717, 1.165) is 18.9 Å². The van der Waals surface area contributed by atoms with Gasteiger partial charge in [-0.3, -0.25) is 4.79 Å². The molecule has 2 rings (SSSR count). The van der Waals surface area contributed by atoms with Gasteiger partial charge in [0.25, 0.3) is 0 Å². The Hall–Kier alpha value is -2.25. The first-order chi connectivity index (χ1) is 11.8. The van der Waals surface area contributed by atoms with Crippen LogP contribution in [-0.2, 0) is 11.0 Å². The molecule has 0 bridgehead atoms. The smallest absolute Gasteiger partial charge is 0.356 e. The molecule has 8 heteroatoms. The zero-order chi connectivity index (χ0) is 18.4. The van der Waals surface area contributed by atoms with Gasteiger partial charge in [-0.05, 0) is 30.9 Å². The topological polar surface area (TPSA) is 61.4 Å². The second-order valence-corrected chi connectivity index (χ2v) is 6.09. The summed E-state index contributed by atoms with van der Waals surface area (Å²) in [5.41, 5.74) is -1.12. The van der Waals surface area contributed by atoms with Crippen molar-refractivity contribution in [1.82, 2.24) is 10.2 Å². The number of alkyl halides is 3. The Bertz CT molecular complexity index is 619. The predicted molar refractivity (Wildman–Crippen MR) is 88.1 cm³/mol. The molecule has 1 aromatic carbocycles. The first-order valence-electron chi connectivity index (χ1n) is 8.30. The van der Waals surface area contributed by atoms with Crippen LogP contribution in [0.2, 0.25) is 0 Å². The lowest BCUT2D eigenvalue weighted by Gasteiger charge is -2.33. The summed E-state index contributed by atoms with van der Waals surface area (Å²) in [5.74, 6) is 0.0496. The SMILES string of the molecule is CCC(=O)NC[C@H]1CCCN(C(=O)Nc2ccccc2C(F)(F)F)C1. The number of rotatable bonds is 4. The highest BCUT2D eigenvalue weighted by molar-refractivity contribution is 5.90. The van der Waals surface area contributed by atoms with Crippen molar-refractivity contribution in [3.8, 4) is 0 Å². The van der Waals surface area contributed by atoms with Gasteiger partial charge in [-0.25, -0.2) is 4.79 Å². The summed E-state index contributed by atoms with van der Waals surface area (Å²) in [6, 6.07) is 4.36. The first-order valence-corrected chi connectivity index (χ1v) is 8.30. The lowest BCUT2D eigenvalue weighted by atomic mass is 9.98. The minimum absolute atomic E-state index is 0.0549. The summed E-state index contributed by atoms with van der Waals surface area (Å²) in [6.07, 6.45) is -2.52. The van der Waals surface area contributed by atoms with E-state index in [1.165, 1.54) is 23.1 Å². The molecule has 1 fully saturated rings. The normalized spacial score (nSPS) is 17.9. The van der Waals surface area contributed by atoms with Crippen LogP contribution in [0, 0.1) is 5.92 Å². The molecule has 1 aliphatic rings. The number of nitrogens with one attached hydrogen (secondary N) is 2. The molecule has 1 saturated heterocycles. The van der Waals surface area contributed by atoms with Gasteiger partial charge in [-0.1, -0.05) is 19.1 Å². The summed E-state index contributed by atoms with van der Waals surface area (Å²) >= 11 is 0. The molecule has 1 atom stereocenters. The number of piperidine rings is 1. The molecule has 3 amide bonds. The number of hydrogen-bond donors (Lipinski definition) is 2. The standard InChI is InChI=1S/C17H22F3N3O2/c1-2-15(24)21-10-12-6-5-9-23(11-12)16(25)22-14-8-4-3-7-13(14)17(18,19)20/h3-4,7-8,12H,2,5-6,9-11H2,1H3,(H,21,24)(H,22,25)/t12-/m1/s1. The van der Waals surface area contributed by atoms with Gasteiger partial charge in [0.05, 0.1) is 11.3 Å². The van der Waals surface area contributed by atoms with Crippen molar-refractivity contribution < 1.29 is 22.8 Å². The van der Waals surface area contributed by atoms with E-state index < -0.39 is 17.8 Å². The third-order valence-electron chi connectivity index (χ3n) is 4.19. The van der Waals surface area contributed by atoms with Crippen LogP contribution in [0.4, 0.5) is 23.7 Å². The minimum atomic E-state index is -4.53. The number of nitrogens with zero attached hydrogens (tertiary/aromatic N) is 1. The van der Waals surface area contributed by atoms with Gasteiger partial charge in [-0.15, -0.1) is 0 Å². The van der Waals surface area contributed by atoms with Gasteiger partial charge in [0.15, 0.2) is 0 Å². The number of halogens is 3. The van der Waals surface area contributed by atoms with Gasteiger partial charge in [0, 0.05) is 26.1 Å². The molecule has 1 aromatic rings. The Labute approximate surface area is 144 Å². The Morgan fingerprint density at radius 3 is 2.68 bits per heavy atom. The van der Waals surface area contributed by atoms with Gasteiger partial charge in [0.1, 0.15) is 0 Å². The van der Waals surface area contributed by atoms with E-state index in [-0.39, 0.29) is 17.5 Å². The van der Waals surface area contributed by atoms with Crippen molar-refractivity contribution in [2.75, 3.05) is 25.0 Å². The number of para-hydroxylation sites is 1. The number of likely N-dealkylation sites (tertiary alicyclic amines) is 1. The summed E-state index contributed by atoms with van der Waals surface area (Å²) in [6.45, 7) is 3.12. The highest BCUT2D eigenvalue weighted by Crippen LogP contribution is 2.34. The van der Waals surface area contributed by atoms with E-state index in [1.807, 2.05) is 0 Å². The zero-order valence-corrected chi connectivity index (χ0v) is 14.0. The fraction of sp³-hybridized carbons (Fsp3) is 0.529. The van der Waals surface area contributed by atoms with Crippen molar-refractivity contribution in [3.05, 3.63) is 29.8 Å². The molecule has 25 heavy (non-hydrogen) atoms. The summed E-state index contributed by atoms with van der Waals surface area (Å²) < 4.78 is 39.0. The zero-order valence-electron chi connectivity index (χ0n) is 14.0. The second kappa shape index (κ2) is 8.22. The van der Waals surface area contributed by atoms with Crippen molar-refractivity contribution in [2.24, 2.45) is 5.92 Å². The van der Waals surface area contributed by atoms with Crippen molar-refractivity contribution in [3.63, 3.8) is 0 Å². The van der Waals surface area contributed by atoms with Crippen LogP contribution in [-0.4, -0.2) is 36.5 Å². The molecule has 0 aliphatic carbocycles. The monoisotopic (exact) mass is 357 g/mol. The van der Waals surface area contributed by atoms with E-state index in [4.69, 9.17) is 0 Å².